The van der Waals surface area contributed by atoms with Gasteiger partial charge in [0.25, 0.3) is 0 Å². The third-order valence-electron chi connectivity index (χ3n) is 1.40. The maximum Gasteiger partial charge on any atom is 0.203 e. The fourth-order valence-electron chi connectivity index (χ4n) is 0.772. The summed E-state index contributed by atoms with van der Waals surface area (Å²) < 4.78 is 37.6. The number of benzene rings is 1. The monoisotopic (exact) mass is 177 g/mol. The van der Waals surface area contributed by atoms with E-state index in [0.717, 1.165) is 6.07 Å². The van der Waals surface area contributed by atoms with Crippen molar-refractivity contribution in [1.29, 1.82) is 0 Å². The van der Waals surface area contributed by atoms with Crippen LogP contribution in [0.3, 0.4) is 0 Å². The normalized spacial score (nSPS) is 10.0. The summed E-state index contributed by atoms with van der Waals surface area (Å²) in [5.74, 6) is -5.52. The Morgan fingerprint density at radius 1 is 1.17 bits per heavy atom. The highest BCUT2D eigenvalue weighted by Gasteiger charge is 2.16. The zero-order chi connectivity index (χ0) is 9.30. The van der Waals surface area contributed by atoms with E-state index in [-0.39, 0.29) is 5.69 Å². The van der Waals surface area contributed by atoms with Crippen molar-refractivity contribution < 1.29 is 18.3 Å². The highest BCUT2D eigenvalue weighted by Crippen LogP contribution is 2.26. The molecule has 0 atom stereocenters. The highest BCUT2D eigenvalue weighted by molar-refractivity contribution is 5.49. The number of hydrogen-bond donors (Lipinski definition) is 2. The van der Waals surface area contributed by atoms with E-state index in [9.17, 15) is 13.2 Å². The van der Waals surface area contributed by atoms with Gasteiger partial charge in [0.15, 0.2) is 17.4 Å². The zero-order valence-corrected chi connectivity index (χ0v) is 6.16. The molecule has 0 saturated heterocycles. The Morgan fingerprint density at radius 3 is 2.25 bits per heavy atom. The molecule has 2 N–H and O–H groups in total. The molecule has 0 spiro atoms. The Hall–Kier alpha value is -1.39. The maximum absolute atomic E-state index is 12.7. The summed E-state index contributed by atoms with van der Waals surface area (Å²) in [5, 5.41) is 11.0. The van der Waals surface area contributed by atoms with Gasteiger partial charge in [0, 0.05) is 13.1 Å². The molecule has 1 rings (SSSR count). The first-order chi connectivity index (χ1) is 5.57. The average molecular weight is 177 g/mol. The van der Waals surface area contributed by atoms with Crippen LogP contribution in [0.1, 0.15) is 0 Å². The van der Waals surface area contributed by atoms with E-state index in [2.05, 4.69) is 5.32 Å². The van der Waals surface area contributed by atoms with Gasteiger partial charge in [0.2, 0.25) is 5.82 Å². The topological polar surface area (TPSA) is 32.3 Å². The Kier molecular flexibility index (Phi) is 2.12. The van der Waals surface area contributed by atoms with Gasteiger partial charge in [-0.2, -0.15) is 4.39 Å². The molecule has 1 aromatic rings. The first-order valence-corrected chi connectivity index (χ1v) is 3.12. The van der Waals surface area contributed by atoms with Crippen LogP contribution in [-0.2, 0) is 0 Å². The van der Waals surface area contributed by atoms with Crippen LogP contribution in [0.4, 0.5) is 18.9 Å². The molecule has 0 radical (unpaired) electrons. The molecule has 0 saturated carbocycles. The van der Waals surface area contributed by atoms with E-state index in [0.29, 0.717) is 0 Å². The minimum Gasteiger partial charge on any atom is -0.505 e. The molecular weight excluding hydrogens is 171 g/mol. The van der Waals surface area contributed by atoms with Crippen LogP contribution in [0.15, 0.2) is 6.07 Å². The number of halogens is 3. The molecule has 0 aromatic heterocycles. The molecular formula is C7H6F3NO. The van der Waals surface area contributed by atoms with E-state index in [4.69, 9.17) is 5.11 Å². The number of hydrogen-bond acceptors (Lipinski definition) is 2. The summed E-state index contributed by atoms with van der Waals surface area (Å²) in [6.45, 7) is 0. The lowest BCUT2D eigenvalue weighted by Crippen LogP contribution is -1.98. The number of aromatic hydroxyl groups is 1. The third kappa shape index (κ3) is 1.17. The molecule has 66 valence electrons. The Bertz CT molecular complexity index is 314. The molecule has 12 heavy (non-hydrogen) atoms. The lowest BCUT2D eigenvalue weighted by atomic mass is 10.2. The van der Waals surface area contributed by atoms with Gasteiger partial charge in [0.1, 0.15) is 0 Å². The summed E-state index contributed by atoms with van der Waals surface area (Å²) in [6, 6.07) is 0.772. The van der Waals surface area contributed by atoms with Gasteiger partial charge in [0.05, 0.1) is 5.69 Å². The second-order valence-electron chi connectivity index (χ2n) is 2.14. The molecule has 5 heteroatoms. The van der Waals surface area contributed by atoms with Gasteiger partial charge >= 0.3 is 0 Å². The SMILES string of the molecule is CNc1cc(O)c(F)c(F)c1F. The lowest BCUT2D eigenvalue weighted by molar-refractivity contribution is 0.388. The lowest BCUT2D eigenvalue weighted by Gasteiger charge is -2.04. The predicted octanol–water partition coefficient (Wildman–Crippen LogP) is 1.85. The van der Waals surface area contributed by atoms with E-state index < -0.39 is 23.2 Å². The van der Waals surface area contributed by atoms with E-state index in [1.54, 1.807) is 0 Å². The number of anilines is 1. The molecule has 0 aliphatic carbocycles. The van der Waals surface area contributed by atoms with Crippen LogP contribution in [-0.4, -0.2) is 12.2 Å². The first-order valence-electron chi connectivity index (χ1n) is 3.12. The largest absolute Gasteiger partial charge is 0.505 e. The molecule has 0 bridgehead atoms. The Labute approximate surface area is 66.6 Å². The minimum absolute atomic E-state index is 0.286. The quantitative estimate of drug-likeness (QED) is 0.641. The molecule has 0 heterocycles. The van der Waals surface area contributed by atoms with Crippen molar-refractivity contribution in [3.63, 3.8) is 0 Å². The third-order valence-corrected chi connectivity index (χ3v) is 1.40. The fraction of sp³-hybridized carbons (Fsp3) is 0.143. The van der Waals surface area contributed by atoms with Gasteiger partial charge in [-0.1, -0.05) is 0 Å². The van der Waals surface area contributed by atoms with Crippen molar-refractivity contribution in [2.45, 2.75) is 0 Å². The van der Waals surface area contributed by atoms with E-state index >= 15 is 0 Å². The van der Waals surface area contributed by atoms with Crippen molar-refractivity contribution in [1.82, 2.24) is 0 Å². The maximum atomic E-state index is 12.7. The predicted molar refractivity (Wildman–Crippen MR) is 37.5 cm³/mol. The fourth-order valence-corrected chi connectivity index (χ4v) is 0.772. The van der Waals surface area contributed by atoms with Crippen LogP contribution in [0, 0.1) is 17.5 Å². The van der Waals surface area contributed by atoms with Gasteiger partial charge in [-0.05, 0) is 0 Å². The zero-order valence-electron chi connectivity index (χ0n) is 6.16. The molecule has 0 aliphatic heterocycles. The number of nitrogens with one attached hydrogen (secondary N) is 1. The van der Waals surface area contributed by atoms with Crippen molar-refractivity contribution in [2.24, 2.45) is 0 Å². The summed E-state index contributed by atoms with van der Waals surface area (Å²) in [6.07, 6.45) is 0. The van der Waals surface area contributed by atoms with E-state index in [1.807, 2.05) is 0 Å². The molecule has 0 fully saturated rings. The Morgan fingerprint density at radius 2 is 1.75 bits per heavy atom. The minimum atomic E-state index is -1.68. The van der Waals surface area contributed by atoms with Crippen molar-refractivity contribution in [3.05, 3.63) is 23.5 Å². The standard InChI is InChI=1S/C7H6F3NO/c1-11-3-2-4(12)6(9)7(10)5(3)8/h2,11-12H,1H3. The molecule has 0 amide bonds. The summed E-state index contributed by atoms with van der Waals surface area (Å²) in [5.41, 5.74) is -0.286. The summed E-state index contributed by atoms with van der Waals surface area (Å²) in [4.78, 5) is 0. The molecule has 1 aromatic carbocycles. The molecule has 2 nitrogen and oxygen atoms in total. The number of phenolic OH excluding ortho intramolecular Hbond substituents is 1. The van der Waals surface area contributed by atoms with Crippen LogP contribution < -0.4 is 5.32 Å². The van der Waals surface area contributed by atoms with E-state index in [1.165, 1.54) is 7.05 Å². The van der Waals surface area contributed by atoms with Crippen molar-refractivity contribution >= 4 is 5.69 Å². The second-order valence-corrected chi connectivity index (χ2v) is 2.14. The molecule has 0 aliphatic rings. The van der Waals surface area contributed by atoms with Gasteiger partial charge in [-0.15, -0.1) is 0 Å². The van der Waals surface area contributed by atoms with Gasteiger partial charge in [-0.25, -0.2) is 8.78 Å². The average Bonchev–Trinajstić information content (AvgIpc) is 2.08. The van der Waals surface area contributed by atoms with Crippen molar-refractivity contribution in [3.8, 4) is 5.75 Å². The summed E-state index contributed by atoms with van der Waals surface area (Å²) in [7, 11) is 1.33. The van der Waals surface area contributed by atoms with Crippen LogP contribution >= 0.6 is 0 Å². The number of phenols is 1. The van der Waals surface area contributed by atoms with Crippen LogP contribution in [0.5, 0.6) is 5.75 Å². The van der Waals surface area contributed by atoms with Crippen LogP contribution in [0.2, 0.25) is 0 Å². The second kappa shape index (κ2) is 2.92. The van der Waals surface area contributed by atoms with Crippen molar-refractivity contribution in [2.75, 3.05) is 12.4 Å². The number of rotatable bonds is 1. The first kappa shape index (κ1) is 8.70. The van der Waals surface area contributed by atoms with Crippen LogP contribution in [0.25, 0.3) is 0 Å². The smallest absolute Gasteiger partial charge is 0.203 e. The highest BCUT2D eigenvalue weighted by atomic mass is 19.2. The summed E-state index contributed by atoms with van der Waals surface area (Å²) >= 11 is 0. The van der Waals surface area contributed by atoms with Gasteiger partial charge < -0.3 is 10.4 Å². The molecule has 0 unspecified atom stereocenters. The van der Waals surface area contributed by atoms with Gasteiger partial charge in [-0.3, -0.25) is 0 Å². The Balaban J connectivity index is 3.39.